The molecule has 5 nitrogen and oxygen atoms in total. The zero-order valence-corrected chi connectivity index (χ0v) is 12.3. The van der Waals surface area contributed by atoms with Crippen molar-refractivity contribution in [3.63, 3.8) is 0 Å². The molecule has 0 bridgehead atoms. The Hall–Kier alpha value is -1.88. The second kappa shape index (κ2) is 6.05. The third-order valence-corrected chi connectivity index (χ3v) is 2.89. The van der Waals surface area contributed by atoms with E-state index in [0.29, 0.717) is 5.56 Å². The van der Waals surface area contributed by atoms with Gasteiger partial charge in [-0.1, -0.05) is 30.3 Å². The summed E-state index contributed by atoms with van der Waals surface area (Å²) in [6.45, 7) is 7.12. The lowest BCUT2D eigenvalue weighted by molar-refractivity contribution is -0.168. The van der Waals surface area contributed by atoms with Crippen molar-refractivity contribution in [3.8, 4) is 0 Å². The fraction of sp³-hybridized carbons (Fsp3) is 0.467. The van der Waals surface area contributed by atoms with Crippen LogP contribution in [0.5, 0.6) is 0 Å². The van der Waals surface area contributed by atoms with Gasteiger partial charge in [-0.25, -0.2) is 0 Å². The first-order valence-corrected chi connectivity index (χ1v) is 6.36. The van der Waals surface area contributed by atoms with E-state index in [1.165, 1.54) is 0 Å². The standard InChI is InChI=1S/C15H21NO4/c1-14(2,3)20-13(18)12(16)15(4,19-10-17)11-8-6-5-7-9-11/h5-10,12H,16H2,1-4H3. The largest absolute Gasteiger partial charge is 0.459 e. The third kappa shape index (κ3) is 3.81. The molecule has 0 aliphatic carbocycles. The van der Waals surface area contributed by atoms with Gasteiger partial charge in [-0.3, -0.25) is 9.59 Å². The van der Waals surface area contributed by atoms with Crippen LogP contribution in [-0.2, 0) is 24.7 Å². The van der Waals surface area contributed by atoms with Crippen molar-refractivity contribution >= 4 is 12.4 Å². The monoisotopic (exact) mass is 279 g/mol. The maximum atomic E-state index is 12.1. The Kier molecular flexibility index (Phi) is 4.89. The minimum absolute atomic E-state index is 0.289. The van der Waals surface area contributed by atoms with Gasteiger partial charge in [-0.05, 0) is 33.3 Å². The first-order chi connectivity index (χ1) is 9.20. The first kappa shape index (κ1) is 16.2. The number of carbonyl (C=O) groups is 2. The topological polar surface area (TPSA) is 78.6 Å². The zero-order valence-electron chi connectivity index (χ0n) is 12.3. The molecule has 2 unspecified atom stereocenters. The van der Waals surface area contributed by atoms with Crippen LogP contribution >= 0.6 is 0 Å². The minimum atomic E-state index is -1.27. The van der Waals surface area contributed by atoms with Crippen molar-refractivity contribution in [1.82, 2.24) is 0 Å². The molecular weight excluding hydrogens is 258 g/mol. The molecule has 0 heterocycles. The SMILES string of the molecule is CC(C)(C)OC(=O)C(N)C(C)(OC=O)c1ccccc1. The quantitative estimate of drug-likeness (QED) is 0.656. The number of hydrogen-bond acceptors (Lipinski definition) is 5. The van der Waals surface area contributed by atoms with E-state index in [1.807, 2.05) is 6.07 Å². The normalized spacial score (nSPS) is 15.8. The summed E-state index contributed by atoms with van der Waals surface area (Å²) in [5.74, 6) is -0.620. The second-order valence-electron chi connectivity index (χ2n) is 5.70. The lowest BCUT2D eigenvalue weighted by atomic mass is 9.88. The molecular formula is C15H21NO4. The Labute approximate surface area is 119 Å². The summed E-state index contributed by atoms with van der Waals surface area (Å²) in [5, 5.41) is 0. The van der Waals surface area contributed by atoms with Crippen LogP contribution in [0.3, 0.4) is 0 Å². The van der Waals surface area contributed by atoms with E-state index in [1.54, 1.807) is 52.0 Å². The molecule has 0 saturated carbocycles. The fourth-order valence-electron chi connectivity index (χ4n) is 1.78. The highest BCUT2D eigenvalue weighted by molar-refractivity contribution is 5.78. The Balaban J connectivity index is 3.07. The summed E-state index contributed by atoms with van der Waals surface area (Å²) in [6, 6.07) is 7.76. The maximum absolute atomic E-state index is 12.1. The lowest BCUT2D eigenvalue weighted by Gasteiger charge is -2.34. The molecule has 1 aromatic rings. The summed E-state index contributed by atoms with van der Waals surface area (Å²) in [5.41, 5.74) is 4.66. The van der Waals surface area contributed by atoms with Crippen LogP contribution < -0.4 is 5.73 Å². The fourth-order valence-corrected chi connectivity index (χ4v) is 1.78. The van der Waals surface area contributed by atoms with E-state index < -0.39 is 23.2 Å². The number of nitrogens with two attached hydrogens (primary N) is 1. The number of hydrogen-bond donors (Lipinski definition) is 1. The smallest absolute Gasteiger partial charge is 0.327 e. The van der Waals surface area contributed by atoms with Crippen molar-refractivity contribution in [3.05, 3.63) is 35.9 Å². The Morgan fingerprint density at radius 2 is 1.75 bits per heavy atom. The predicted octanol–water partition coefficient (Wildman–Crippen LogP) is 1.74. The van der Waals surface area contributed by atoms with Crippen LogP contribution in [0.25, 0.3) is 0 Å². The van der Waals surface area contributed by atoms with Crippen molar-refractivity contribution in [2.45, 2.75) is 44.9 Å². The molecule has 0 amide bonds. The number of ether oxygens (including phenoxy) is 2. The molecule has 5 heteroatoms. The average molecular weight is 279 g/mol. The second-order valence-corrected chi connectivity index (χ2v) is 5.70. The summed E-state index contributed by atoms with van der Waals surface area (Å²) in [7, 11) is 0. The molecule has 110 valence electrons. The van der Waals surface area contributed by atoms with E-state index in [9.17, 15) is 9.59 Å². The molecule has 1 aromatic carbocycles. The Morgan fingerprint density at radius 1 is 1.20 bits per heavy atom. The molecule has 0 aliphatic heterocycles. The highest BCUT2D eigenvalue weighted by Gasteiger charge is 2.42. The lowest BCUT2D eigenvalue weighted by Crippen LogP contribution is -2.52. The van der Waals surface area contributed by atoms with E-state index in [0.717, 1.165) is 0 Å². The Bertz CT molecular complexity index is 467. The average Bonchev–Trinajstić information content (AvgIpc) is 2.37. The Morgan fingerprint density at radius 3 is 2.20 bits per heavy atom. The summed E-state index contributed by atoms with van der Waals surface area (Å²) in [6.07, 6.45) is 0. The van der Waals surface area contributed by atoms with Gasteiger partial charge in [-0.2, -0.15) is 0 Å². The summed E-state index contributed by atoms with van der Waals surface area (Å²) < 4.78 is 10.4. The van der Waals surface area contributed by atoms with Crippen LogP contribution in [0.1, 0.15) is 33.3 Å². The molecule has 2 atom stereocenters. The summed E-state index contributed by atoms with van der Waals surface area (Å²) >= 11 is 0. The number of rotatable bonds is 5. The predicted molar refractivity (Wildman–Crippen MR) is 74.8 cm³/mol. The van der Waals surface area contributed by atoms with Gasteiger partial charge in [0.1, 0.15) is 11.6 Å². The number of carbonyl (C=O) groups excluding carboxylic acids is 2. The third-order valence-electron chi connectivity index (χ3n) is 2.89. The highest BCUT2D eigenvalue weighted by Crippen LogP contribution is 2.29. The van der Waals surface area contributed by atoms with E-state index in [-0.39, 0.29) is 6.47 Å². The number of benzene rings is 1. The van der Waals surface area contributed by atoms with Crippen LogP contribution in [0.4, 0.5) is 0 Å². The van der Waals surface area contributed by atoms with Crippen molar-refractivity contribution < 1.29 is 19.1 Å². The minimum Gasteiger partial charge on any atom is -0.459 e. The molecule has 0 saturated heterocycles. The van der Waals surface area contributed by atoms with Gasteiger partial charge in [0, 0.05) is 0 Å². The molecule has 0 radical (unpaired) electrons. The van der Waals surface area contributed by atoms with Gasteiger partial charge in [0.25, 0.3) is 6.47 Å². The first-order valence-electron chi connectivity index (χ1n) is 6.36. The van der Waals surface area contributed by atoms with Gasteiger partial charge in [0.15, 0.2) is 5.60 Å². The molecule has 20 heavy (non-hydrogen) atoms. The van der Waals surface area contributed by atoms with E-state index in [2.05, 4.69) is 0 Å². The molecule has 2 N–H and O–H groups in total. The van der Waals surface area contributed by atoms with Gasteiger partial charge < -0.3 is 15.2 Å². The zero-order chi connectivity index (χ0) is 15.4. The molecule has 0 spiro atoms. The van der Waals surface area contributed by atoms with Crippen molar-refractivity contribution in [2.75, 3.05) is 0 Å². The van der Waals surface area contributed by atoms with E-state index in [4.69, 9.17) is 15.2 Å². The van der Waals surface area contributed by atoms with Crippen LogP contribution in [0.2, 0.25) is 0 Å². The van der Waals surface area contributed by atoms with E-state index >= 15 is 0 Å². The number of esters is 1. The maximum Gasteiger partial charge on any atom is 0.327 e. The molecule has 1 rings (SSSR count). The van der Waals surface area contributed by atoms with Gasteiger partial charge in [0.05, 0.1) is 0 Å². The molecule has 0 aromatic heterocycles. The summed E-state index contributed by atoms with van der Waals surface area (Å²) in [4.78, 5) is 22.9. The molecule has 0 aliphatic rings. The van der Waals surface area contributed by atoms with Gasteiger partial charge in [0.2, 0.25) is 0 Å². The van der Waals surface area contributed by atoms with Gasteiger partial charge in [-0.15, -0.1) is 0 Å². The van der Waals surface area contributed by atoms with Crippen molar-refractivity contribution in [1.29, 1.82) is 0 Å². The molecule has 0 fully saturated rings. The van der Waals surface area contributed by atoms with Crippen LogP contribution in [0.15, 0.2) is 30.3 Å². The van der Waals surface area contributed by atoms with Crippen LogP contribution in [0, 0.1) is 0 Å². The highest BCUT2D eigenvalue weighted by atomic mass is 16.6. The van der Waals surface area contributed by atoms with Crippen molar-refractivity contribution in [2.24, 2.45) is 5.73 Å². The van der Waals surface area contributed by atoms with Crippen LogP contribution in [-0.4, -0.2) is 24.1 Å². The van der Waals surface area contributed by atoms with Gasteiger partial charge >= 0.3 is 5.97 Å².